The van der Waals surface area contributed by atoms with Crippen molar-refractivity contribution in [2.75, 3.05) is 31.8 Å². The summed E-state index contributed by atoms with van der Waals surface area (Å²) in [6, 6.07) is 0. The quantitative estimate of drug-likeness (QED) is 0.165. The van der Waals surface area contributed by atoms with Crippen molar-refractivity contribution in [3.63, 3.8) is 0 Å². The number of aromatic amines is 1. The SMILES string of the molecule is C=P(C)(C)CC[C@H]1OC(n2cc(CNCCS(=O)(=O)O)c(=O)[nH]c2=O)[C@H](O)[C@@H]1O. The number of aliphatic hydroxyl groups is 2. The fourth-order valence-electron chi connectivity index (χ4n) is 2.94. The molecule has 166 valence electrons. The summed E-state index contributed by atoms with van der Waals surface area (Å²) in [5.41, 5.74) is -1.39. The Labute approximate surface area is 168 Å². The second kappa shape index (κ2) is 9.25. The van der Waals surface area contributed by atoms with Crippen LogP contribution in [-0.4, -0.2) is 89.1 Å². The summed E-state index contributed by atoms with van der Waals surface area (Å²) in [6.07, 6.45) is 2.09. The molecule has 1 unspecified atom stereocenters. The second-order valence-corrected chi connectivity index (χ2v) is 13.7. The van der Waals surface area contributed by atoms with E-state index in [1.807, 2.05) is 13.3 Å². The van der Waals surface area contributed by atoms with Crippen LogP contribution < -0.4 is 16.6 Å². The van der Waals surface area contributed by atoms with Crippen molar-refractivity contribution in [2.24, 2.45) is 0 Å². The lowest BCUT2D eigenvalue weighted by Crippen LogP contribution is -2.39. The summed E-state index contributed by atoms with van der Waals surface area (Å²) < 4.78 is 36.9. The molecule has 0 spiro atoms. The molecule has 0 aliphatic carbocycles. The van der Waals surface area contributed by atoms with Gasteiger partial charge in [-0.05, 0) is 25.9 Å². The number of hydrogen-bond donors (Lipinski definition) is 5. The average Bonchev–Trinajstić information content (AvgIpc) is 2.85. The molecule has 0 saturated carbocycles. The standard InChI is InChI=1S/C16H28N3O8PS/c1-28(2,3)6-4-11-12(20)13(21)15(27-11)19-9-10(14(22)18-16(19)23)8-17-5-7-29(24,25)26/h9,11-13,15,17,20-21H,1,4-8H2,2-3H3,(H,18,22,23)(H,24,25,26)/t11-,12-,13-,15?/m1/s1. The second-order valence-electron chi connectivity index (χ2n) is 7.78. The van der Waals surface area contributed by atoms with Crippen molar-refractivity contribution < 1.29 is 27.9 Å². The maximum atomic E-state index is 12.2. The van der Waals surface area contributed by atoms with E-state index in [1.54, 1.807) is 0 Å². The van der Waals surface area contributed by atoms with E-state index in [1.165, 1.54) is 6.20 Å². The number of ether oxygens (including phenoxy) is 1. The zero-order valence-electron chi connectivity index (χ0n) is 16.3. The molecule has 0 radical (unpaired) electrons. The number of nitrogens with one attached hydrogen (secondary N) is 2. The van der Waals surface area contributed by atoms with Crippen LogP contribution in [0.25, 0.3) is 0 Å². The molecule has 0 amide bonds. The Morgan fingerprint density at radius 1 is 1.31 bits per heavy atom. The fraction of sp³-hybridized carbons (Fsp3) is 0.688. The van der Waals surface area contributed by atoms with Crippen LogP contribution in [0.1, 0.15) is 18.2 Å². The van der Waals surface area contributed by atoms with E-state index in [4.69, 9.17) is 9.29 Å². The molecule has 29 heavy (non-hydrogen) atoms. The summed E-state index contributed by atoms with van der Waals surface area (Å²) in [5.74, 6) is -0.534. The van der Waals surface area contributed by atoms with E-state index >= 15 is 0 Å². The largest absolute Gasteiger partial charge is 0.388 e. The van der Waals surface area contributed by atoms with Crippen molar-refractivity contribution >= 4 is 23.3 Å². The van der Waals surface area contributed by atoms with Crippen LogP contribution in [0.5, 0.6) is 0 Å². The van der Waals surface area contributed by atoms with Gasteiger partial charge in [0.25, 0.3) is 15.7 Å². The summed E-state index contributed by atoms with van der Waals surface area (Å²) >= 11 is 0. The molecule has 1 saturated heterocycles. The number of aromatic nitrogens is 2. The Morgan fingerprint density at radius 3 is 2.55 bits per heavy atom. The summed E-state index contributed by atoms with van der Waals surface area (Å²) in [7, 11) is -4.14. The Hall–Kier alpha value is -1.27. The van der Waals surface area contributed by atoms with Crippen LogP contribution in [0.4, 0.5) is 0 Å². The summed E-state index contributed by atoms with van der Waals surface area (Å²) in [6.45, 7) is 2.52. The van der Waals surface area contributed by atoms with E-state index in [0.29, 0.717) is 6.42 Å². The highest BCUT2D eigenvalue weighted by Crippen LogP contribution is 2.39. The number of aliphatic hydroxyl groups excluding tert-OH is 2. The van der Waals surface area contributed by atoms with Crippen LogP contribution in [0.3, 0.4) is 0 Å². The summed E-state index contributed by atoms with van der Waals surface area (Å²) in [5, 5.41) is 23.3. The van der Waals surface area contributed by atoms with E-state index in [2.05, 4.69) is 16.6 Å². The Balaban J connectivity index is 2.15. The average molecular weight is 453 g/mol. The first-order valence-corrected chi connectivity index (χ1v) is 13.6. The van der Waals surface area contributed by atoms with Gasteiger partial charge >= 0.3 is 5.69 Å². The molecular formula is C16H28N3O8PS. The lowest BCUT2D eigenvalue weighted by Gasteiger charge is -2.19. The first-order chi connectivity index (χ1) is 13.3. The molecule has 1 aromatic rings. The predicted molar refractivity (Wildman–Crippen MR) is 111 cm³/mol. The van der Waals surface area contributed by atoms with Gasteiger partial charge in [0.05, 0.1) is 11.9 Å². The summed E-state index contributed by atoms with van der Waals surface area (Å²) in [4.78, 5) is 26.3. The lowest BCUT2D eigenvalue weighted by molar-refractivity contribution is -0.0404. The van der Waals surface area contributed by atoms with Gasteiger partial charge in [0.15, 0.2) is 6.23 Å². The lowest BCUT2D eigenvalue weighted by atomic mass is 10.1. The molecule has 1 aliphatic rings. The molecule has 1 aliphatic heterocycles. The molecule has 0 aromatic carbocycles. The Bertz CT molecular complexity index is 983. The van der Waals surface area contributed by atoms with Gasteiger partial charge in [-0.2, -0.15) is 8.42 Å². The Kier molecular flexibility index (Phi) is 7.66. The highest BCUT2D eigenvalue weighted by molar-refractivity contribution is 7.85. The molecule has 2 rings (SSSR count). The van der Waals surface area contributed by atoms with Gasteiger partial charge in [-0.25, -0.2) is 4.79 Å². The van der Waals surface area contributed by atoms with Gasteiger partial charge in [-0.3, -0.25) is 18.9 Å². The zero-order chi connectivity index (χ0) is 22.0. The van der Waals surface area contributed by atoms with Crippen molar-refractivity contribution in [2.45, 2.75) is 37.5 Å². The maximum Gasteiger partial charge on any atom is 0.330 e. The monoisotopic (exact) mass is 453 g/mol. The van der Waals surface area contributed by atoms with Crippen LogP contribution >= 0.6 is 6.89 Å². The molecular weight excluding hydrogens is 425 g/mol. The minimum Gasteiger partial charge on any atom is -0.388 e. The third kappa shape index (κ3) is 6.88. The van der Waals surface area contributed by atoms with Crippen molar-refractivity contribution in [3.05, 3.63) is 32.6 Å². The van der Waals surface area contributed by atoms with Crippen LogP contribution in [0.15, 0.2) is 15.8 Å². The van der Waals surface area contributed by atoms with Crippen LogP contribution in [-0.2, 0) is 21.4 Å². The van der Waals surface area contributed by atoms with Gasteiger partial charge in [0, 0.05) is 24.8 Å². The fourth-order valence-corrected chi connectivity index (χ4v) is 4.30. The van der Waals surface area contributed by atoms with E-state index in [0.717, 1.165) is 10.7 Å². The molecule has 13 heteroatoms. The topological polar surface area (TPSA) is 171 Å². The number of nitrogens with zero attached hydrogens (tertiary/aromatic N) is 1. The smallest absolute Gasteiger partial charge is 0.330 e. The number of rotatable bonds is 9. The highest BCUT2D eigenvalue weighted by Gasteiger charge is 2.44. The third-order valence-electron chi connectivity index (χ3n) is 4.52. The minimum atomic E-state index is -4.14. The minimum absolute atomic E-state index is 0.0832. The Morgan fingerprint density at radius 2 is 1.97 bits per heavy atom. The number of H-pyrrole nitrogens is 1. The first kappa shape index (κ1) is 24.0. The van der Waals surface area contributed by atoms with Crippen molar-refractivity contribution in [3.8, 4) is 0 Å². The first-order valence-electron chi connectivity index (χ1n) is 8.98. The molecule has 1 aromatic heterocycles. The molecule has 0 bridgehead atoms. The third-order valence-corrected chi connectivity index (χ3v) is 6.71. The maximum absolute atomic E-state index is 12.2. The van der Waals surface area contributed by atoms with Gasteiger partial charge in [-0.1, -0.05) is 0 Å². The number of hydrogen-bond acceptors (Lipinski definition) is 8. The van der Waals surface area contributed by atoms with Gasteiger partial charge in [0.1, 0.15) is 12.2 Å². The van der Waals surface area contributed by atoms with Gasteiger partial charge < -0.3 is 20.3 Å². The normalized spacial score (nSPS) is 25.4. The molecule has 1 fully saturated rings. The molecule has 4 atom stereocenters. The van der Waals surface area contributed by atoms with E-state index in [-0.39, 0.29) is 18.7 Å². The predicted octanol–water partition coefficient (Wildman–Crippen LogP) is -1.77. The van der Waals surface area contributed by atoms with E-state index in [9.17, 15) is 28.2 Å². The highest BCUT2D eigenvalue weighted by atomic mass is 32.2. The van der Waals surface area contributed by atoms with Crippen molar-refractivity contribution in [1.82, 2.24) is 14.9 Å². The van der Waals surface area contributed by atoms with Gasteiger partial charge in [0.2, 0.25) is 0 Å². The zero-order valence-corrected chi connectivity index (χ0v) is 18.0. The molecule has 5 N–H and O–H groups in total. The van der Waals surface area contributed by atoms with Crippen LogP contribution in [0, 0.1) is 0 Å². The van der Waals surface area contributed by atoms with E-state index < -0.39 is 58.5 Å². The van der Waals surface area contributed by atoms with Gasteiger partial charge in [-0.15, -0.1) is 13.2 Å². The van der Waals surface area contributed by atoms with Crippen molar-refractivity contribution in [1.29, 1.82) is 0 Å². The van der Waals surface area contributed by atoms with Crippen LogP contribution in [0.2, 0.25) is 0 Å². The molecule has 11 nitrogen and oxygen atoms in total. The molecule has 2 heterocycles.